The highest BCUT2D eigenvalue weighted by Gasteiger charge is 2.26. The minimum absolute atomic E-state index is 0.169. The molecule has 192 valence electrons. The number of allylic oxidation sites excluding steroid dienone is 1. The molecular weight excluding hydrogens is 465 g/mol. The van der Waals surface area contributed by atoms with E-state index in [-0.39, 0.29) is 11.7 Å². The highest BCUT2D eigenvalue weighted by molar-refractivity contribution is 5.96. The first-order chi connectivity index (χ1) is 17.8. The smallest absolute Gasteiger partial charge is 0.252 e. The van der Waals surface area contributed by atoms with Gasteiger partial charge in [-0.1, -0.05) is 19.1 Å². The number of aromatic nitrogens is 1. The lowest BCUT2D eigenvalue weighted by Gasteiger charge is -2.26. The fraction of sp³-hybridized carbons (Fsp3) is 0.355. The average Bonchev–Trinajstić information content (AvgIpc) is 3.68. The molecule has 5 nitrogen and oxygen atoms in total. The predicted molar refractivity (Wildman–Crippen MR) is 144 cm³/mol. The van der Waals surface area contributed by atoms with Crippen molar-refractivity contribution >= 4 is 5.91 Å². The van der Waals surface area contributed by atoms with E-state index in [1.807, 2.05) is 17.3 Å². The highest BCUT2D eigenvalue weighted by Crippen LogP contribution is 2.39. The van der Waals surface area contributed by atoms with Crippen LogP contribution >= 0.6 is 0 Å². The predicted octanol–water partition coefficient (Wildman–Crippen LogP) is 6.15. The molecule has 37 heavy (non-hydrogen) atoms. The van der Waals surface area contributed by atoms with Gasteiger partial charge in [0.1, 0.15) is 11.6 Å². The van der Waals surface area contributed by atoms with Crippen molar-refractivity contribution in [3.63, 3.8) is 0 Å². The molecule has 1 aliphatic heterocycles. The van der Waals surface area contributed by atoms with Crippen LogP contribution in [0.1, 0.15) is 55.8 Å². The van der Waals surface area contributed by atoms with Crippen LogP contribution in [0.4, 0.5) is 4.39 Å². The molecular formula is C31H34FN3O2. The molecule has 1 aromatic heterocycles. The van der Waals surface area contributed by atoms with Crippen molar-refractivity contribution in [1.29, 1.82) is 0 Å². The third-order valence-electron chi connectivity index (χ3n) is 7.56. The Morgan fingerprint density at radius 1 is 1.27 bits per heavy atom. The second-order valence-corrected chi connectivity index (χ2v) is 10.3. The zero-order valence-electron chi connectivity index (χ0n) is 21.8. The molecule has 0 radical (unpaired) electrons. The Balaban J connectivity index is 1.31. The number of methoxy groups -OCH3 is 1. The zero-order chi connectivity index (χ0) is 26.1. The number of carbonyl (C=O) groups is 1. The summed E-state index contributed by atoms with van der Waals surface area (Å²) < 4.78 is 19.0. The summed E-state index contributed by atoms with van der Waals surface area (Å²) in [7, 11) is 1.59. The average molecular weight is 500 g/mol. The molecule has 1 unspecified atom stereocenters. The van der Waals surface area contributed by atoms with Gasteiger partial charge in [-0.3, -0.25) is 9.78 Å². The SMILES string of the molecule is C=C1C(OC)=CC(C(=O)NCCc2cc3c(c(-c4ccc(F)cc4)n2)CCC3C)=CN1/C=C(\C)C1CC1. The molecule has 0 bridgehead atoms. The van der Waals surface area contributed by atoms with Crippen molar-refractivity contribution < 1.29 is 13.9 Å². The Labute approximate surface area is 218 Å². The summed E-state index contributed by atoms with van der Waals surface area (Å²) >= 11 is 0. The van der Waals surface area contributed by atoms with Gasteiger partial charge >= 0.3 is 0 Å². The molecule has 6 heteroatoms. The van der Waals surface area contributed by atoms with Gasteiger partial charge in [0, 0.05) is 36.6 Å². The van der Waals surface area contributed by atoms with Gasteiger partial charge in [0.2, 0.25) is 0 Å². The van der Waals surface area contributed by atoms with E-state index in [1.165, 1.54) is 41.7 Å². The van der Waals surface area contributed by atoms with Crippen LogP contribution in [0.3, 0.4) is 0 Å². The number of nitrogens with one attached hydrogen (secondary N) is 1. The molecule has 1 aromatic carbocycles. The summed E-state index contributed by atoms with van der Waals surface area (Å²) in [6.45, 7) is 8.94. The fourth-order valence-electron chi connectivity index (χ4n) is 5.14. The third kappa shape index (κ3) is 5.38. The number of carbonyl (C=O) groups excluding carboxylic acids is 1. The number of ether oxygens (including phenoxy) is 1. The summed E-state index contributed by atoms with van der Waals surface area (Å²) in [4.78, 5) is 19.9. The lowest BCUT2D eigenvalue weighted by atomic mass is 9.98. The third-order valence-corrected chi connectivity index (χ3v) is 7.56. The first-order valence-electron chi connectivity index (χ1n) is 13.0. The largest absolute Gasteiger partial charge is 0.495 e. The Kier molecular flexibility index (Phi) is 7.00. The highest BCUT2D eigenvalue weighted by atomic mass is 19.1. The van der Waals surface area contributed by atoms with Crippen LogP contribution in [0, 0.1) is 11.7 Å². The quantitative estimate of drug-likeness (QED) is 0.473. The summed E-state index contributed by atoms with van der Waals surface area (Å²) in [5, 5.41) is 3.04. The van der Waals surface area contributed by atoms with Crippen molar-refractivity contribution in [2.75, 3.05) is 13.7 Å². The van der Waals surface area contributed by atoms with E-state index in [0.29, 0.717) is 41.8 Å². The van der Waals surface area contributed by atoms with E-state index in [2.05, 4.69) is 31.8 Å². The van der Waals surface area contributed by atoms with E-state index in [1.54, 1.807) is 25.3 Å². The van der Waals surface area contributed by atoms with E-state index in [4.69, 9.17) is 9.72 Å². The molecule has 5 rings (SSSR count). The van der Waals surface area contributed by atoms with Crippen molar-refractivity contribution in [3.05, 3.63) is 101 Å². The summed E-state index contributed by atoms with van der Waals surface area (Å²) in [6.07, 6.45) is 10.7. The van der Waals surface area contributed by atoms with Crippen LogP contribution in [-0.4, -0.2) is 29.4 Å². The standard InChI is InChI=1S/C31H34FN3O2/c1-19-5-12-27-28(19)16-26(34-30(27)23-8-10-25(32)11-9-23)13-14-33-31(36)24-15-29(37-4)21(3)35(18-24)17-20(2)22-6-7-22/h8-11,15-19,22H,3,5-7,12-14H2,1-2,4H3,(H,33,36)/b20-17+. The van der Waals surface area contributed by atoms with Crippen molar-refractivity contribution in [3.8, 4) is 11.3 Å². The van der Waals surface area contributed by atoms with Crippen LogP contribution < -0.4 is 5.32 Å². The summed E-state index contributed by atoms with van der Waals surface area (Å²) in [5.74, 6) is 1.23. The number of pyridine rings is 1. The molecule has 2 aromatic rings. The molecule has 1 amide bonds. The van der Waals surface area contributed by atoms with Crippen LogP contribution in [-0.2, 0) is 22.4 Å². The summed E-state index contributed by atoms with van der Waals surface area (Å²) in [6, 6.07) is 8.72. The molecule has 2 aliphatic carbocycles. The van der Waals surface area contributed by atoms with Gasteiger partial charge in [0.05, 0.1) is 24.1 Å². The minimum atomic E-state index is -0.254. The van der Waals surface area contributed by atoms with Gasteiger partial charge in [-0.05, 0) is 92.0 Å². The molecule has 0 spiro atoms. The molecule has 0 saturated heterocycles. The number of nitrogens with zero attached hydrogens (tertiary/aromatic N) is 2. The first-order valence-corrected chi connectivity index (χ1v) is 13.0. The number of benzene rings is 1. The van der Waals surface area contributed by atoms with Gasteiger partial charge in [0.25, 0.3) is 5.91 Å². The monoisotopic (exact) mass is 499 g/mol. The van der Waals surface area contributed by atoms with Crippen LogP contribution in [0.5, 0.6) is 0 Å². The van der Waals surface area contributed by atoms with Gasteiger partial charge < -0.3 is 15.0 Å². The van der Waals surface area contributed by atoms with E-state index in [9.17, 15) is 9.18 Å². The van der Waals surface area contributed by atoms with Gasteiger partial charge in [0.15, 0.2) is 0 Å². The maximum atomic E-state index is 13.5. The second-order valence-electron chi connectivity index (χ2n) is 10.3. The van der Waals surface area contributed by atoms with E-state index in [0.717, 1.165) is 29.8 Å². The fourth-order valence-corrected chi connectivity index (χ4v) is 5.14. The number of rotatable bonds is 8. The number of halogens is 1. The normalized spacial score (nSPS) is 19.4. The lowest BCUT2D eigenvalue weighted by Crippen LogP contribution is -2.29. The molecule has 1 saturated carbocycles. The second kappa shape index (κ2) is 10.4. The molecule has 3 aliphatic rings. The topological polar surface area (TPSA) is 54.5 Å². The van der Waals surface area contributed by atoms with E-state index >= 15 is 0 Å². The van der Waals surface area contributed by atoms with E-state index < -0.39 is 0 Å². The number of hydrogen-bond acceptors (Lipinski definition) is 4. The number of fused-ring (bicyclic) bond motifs is 1. The van der Waals surface area contributed by atoms with Crippen molar-refractivity contribution in [2.24, 2.45) is 5.92 Å². The van der Waals surface area contributed by atoms with Crippen LogP contribution in [0.2, 0.25) is 0 Å². The molecule has 2 heterocycles. The maximum absolute atomic E-state index is 13.5. The van der Waals surface area contributed by atoms with Gasteiger partial charge in [-0.15, -0.1) is 0 Å². The summed E-state index contributed by atoms with van der Waals surface area (Å²) in [5.41, 5.74) is 7.86. The Bertz CT molecular complexity index is 1320. The molecule has 1 atom stereocenters. The van der Waals surface area contributed by atoms with Crippen LogP contribution in [0.25, 0.3) is 11.3 Å². The van der Waals surface area contributed by atoms with Gasteiger partial charge in [-0.25, -0.2) is 4.39 Å². The van der Waals surface area contributed by atoms with Crippen molar-refractivity contribution in [1.82, 2.24) is 15.2 Å². The Morgan fingerprint density at radius 3 is 2.73 bits per heavy atom. The Hall–Kier alpha value is -3.67. The Morgan fingerprint density at radius 2 is 2.03 bits per heavy atom. The van der Waals surface area contributed by atoms with Crippen molar-refractivity contribution in [2.45, 2.75) is 51.9 Å². The molecule has 1 N–H and O–H groups in total. The minimum Gasteiger partial charge on any atom is -0.495 e. The molecule has 1 fully saturated rings. The maximum Gasteiger partial charge on any atom is 0.252 e. The van der Waals surface area contributed by atoms with Crippen LogP contribution in [0.15, 0.2) is 78.0 Å². The number of amides is 1. The first kappa shape index (κ1) is 25.0. The number of hydrogen-bond donors (Lipinski definition) is 1. The zero-order valence-corrected chi connectivity index (χ0v) is 21.8. The van der Waals surface area contributed by atoms with Gasteiger partial charge in [-0.2, -0.15) is 0 Å². The lowest BCUT2D eigenvalue weighted by molar-refractivity contribution is -0.117.